The van der Waals surface area contributed by atoms with E-state index in [0.717, 1.165) is 0 Å². The summed E-state index contributed by atoms with van der Waals surface area (Å²) in [5, 5.41) is 7.11. The number of hydrazone groups is 1. The number of anilines is 1. The van der Waals surface area contributed by atoms with Gasteiger partial charge in [-0.15, -0.1) is 0 Å². The standard InChI is InChI=1S/C22H16Cl2FN3O3/c23-19-5-2-6-20(24)18(19)13-31-17-4-1-3-14(11-17)12-26-28-22(30)21(29)27-16-9-7-15(25)8-10-16/h1-12H,13H2,(H,27,29)(H,28,30)/b26-12+. The van der Waals surface area contributed by atoms with Crippen LogP contribution in [0.1, 0.15) is 11.1 Å². The molecule has 3 aromatic carbocycles. The average Bonchev–Trinajstić information content (AvgIpc) is 2.75. The Kier molecular flexibility index (Phi) is 7.59. The third-order valence-electron chi connectivity index (χ3n) is 3.99. The van der Waals surface area contributed by atoms with Crippen LogP contribution in [0.15, 0.2) is 71.8 Å². The van der Waals surface area contributed by atoms with Crippen LogP contribution in [0.25, 0.3) is 0 Å². The molecule has 0 unspecified atom stereocenters. The minimum atomic E-state index is -0.971. The van der Waals surface area contributed by atoms with Crippen molar-refractivity contribution < 1.29 is 18.7 Å². The molecule has 0 fully saturated rings. The van der Waals surface area contributed by atoms with Crippen molar-refractivity contribution in [1.29, 1.82) is 0 Å². The minimum Gasteiger partial charge on any atom is -0.489 e. The van der Waals surface area contributed by atoms with Crippen molar-refractivity contribution in [3.8, 4) is 5.75 Å². The second-order valence-electron chi connectivity index (χ2n) is 6.22. The molecular formula is C22H16Cl2FN3O3. The first-order valence-corrected chi connectivity index (χ1v) is 9.73. The molecule has 6 nitrogen and oxygen atoms in total. The van der Waals surface area contributed by atoms with Crippen molar-refractivity contribution in [2.24, 2.45) is 5.10 Å². The van der Waals surface area contributed by atoms with Crippen molar-refractivity contribution in [1.82, 2.24) is 5.43 Å². The van der Waals surface area contributed by atoms with Gasteiger partial charge in [-0.25, -0.2) is 9.82 Å². The molecule has 0 atom stereocenters. The smallest absolute Gasteiger partial charge is 0.329 e. The Morgan fingerprint density at radius 3 is 2.35 bits per heavy atom. The Morgan fingerprint density at radius 2 is 1.65 bits per heavy atom. The van der Waals surface area contributed by atoms with Crippen LogP contribution in [0.2, 0.25) is 10.0 Å². The number of nitrogens with one attached hydrogen (secondary N) is 2. The van der Waals surface area contributed by atoms with Crippen molar-refractivity contribution >= 4 is 46.9 Å². The number of benzene rings is 3. The van der Waals surface area contributed by atoms with E-state index in [1.165, 1.54) is 30.5 Å². The minimum absolute atomic E-state index is 0.180. The fourth-order valence-corrected chi connectivity index (χ4v) is 2.95. The Morgan fingerprint density at radius 1 is 0.968 bits per heavy atom. The van der Waals surface area contributed by atoms with Crippen LogP contribution in [-0.4, -0.2) is 18.0 Å². The lowest BCUT2D eigenvalue weighted by atomic mass is 10.2. The number of hydrogen-bond donors (Lipinski definition) is 2. The summed E-state index contributed by atoms with van der Waals surface area (Å²) in [5.74, 6) is -1.81. The number of ether oxygens (including phenoxy) is 1. The third-order valence-corrected chi connectivity index (χ3v) is 4.70. The van der Waals surface area contributed by atoms with Crippen LogP contribution in [0.3, 0.4) is 0 Å². The second kappa shape index (κ2) is 10.6. The summed E-state index contributed by atoms with van der Waals surface area (Å²) < 4.78 is 18.6. The fourth-order valence-electron chi connectivity index (χ4n) is 2.45. The van der Waals surface area contributed by atoms with Crippen LogP contribution in [0.4, 0.5) is 10.1 Å². The maximum Gasteiger partial charge on any atom is 0.329 e. The first-order valence-electron chi connectivity index (χ1n) is 8.98. The lowest BCUT2D eigenvalue weighted by Crippen LogP contribution is -2.32. The molecule has 0 aliphatic carbocycles. The Bertz CT molecular complexity index is 1100. The van der Waals surface area contributed by atoms with Gasteiger partial charge in [0.25, 0.3) is 0 Å². The molecule has 0 radical (unpaired) electrons. The second-order valence-corrected chi connectivity index (χ2v) is 7.04. The van der Waals surface area contributed by atoms with E-state index in [-0.39, 0.29) is 12.3 Å². The van der Waals surface area contributed by atoms with Gasteiger partial charge in [0.05, 0.1) is 6.21 Å². The summed E-state index contributed by atoms with van der Waals surface area (Å²) in [6.07, 6.45) is 1.36. The molecule has 0 aliphatic rings. The monoisotopic (exact) mass is 459 g/mol. The van der Waals surface area contributed by atoms with Gasteiger partial charge < -0.3 is 10.1 Å². The van der Waals surface area contributed by atoms with Crippen LogP contribution in [0.5, 0.6) is 5.75 Å². The summed E-state index contributed by atoms with van der Waals surface area (Å²) >= 11 is 12.3. The summed E-state index contributed by atoms with van der Waals surface area (Å²) in [5.41, 5.74) is 3.71. The van der Waals surface area contributed by atoms with Gasteiger partial charge in [-0.05, 0) is 54.1 Å². The first kappa shape index (κ1) is 22.3. The van der Waals surface area contributed by atoms with E-state index < -0.39 is 17.6 Å². The zero-order valence-electron chi connectivity index (χ0n) is 15.9. The molecule has 3 aromatic rings. The van der Waals surface area contributed by atoms with Crippen molar-refractivity contribution in [3.05, 3.63) is 93.7 Å². The quantitative estimate of drug-likeness (QED) is 0.315. The highest BCUT2D eigenvalue weighted by atomic mass is 35.5. The highest BCUT2D eigenvalue weighted by molar-refractivity contribution is 6.39. The molecular weight excluding hydrogens is 444 g/mol. The number of rotatable bonds is 6. The molecule has 0 saturated carbocycles. The molecule has 0 heterocycles. The highest BCUT2D eigenvalue weighted by Crippen LogP contribution is 2.26. The molecule has 0 bridgehead atoms. The van der Waals surface area contributed by atoms with Crippen LogP contribution < -0.4 is 15.5 Å². The number of amides is 2. The zero-order valence-corrected chi connectivity index (χ0v) is 17.5. The van der Waals surface area contributed by atoms with Gasteiger partial charge in [0.2, 0.25) is 0 Å². The predicted octanol–water partition coefficient (Wildman–Crippen LogP) is 4.80. The Labute approximate surface area is 187 Å². The summed E-state index contributed by atoms with van der Waals surface area (Å²) in [4.78, 5) is 23.7. The predicted molar refractivity (Wildman–Crippen MR) is 118 cm³/mol. The molecule has 0 spiro atoms. The number of hydrogen-bond acceptors (Lipinski definition) is 4. The van der Waals surface area contributed by atoms with E-state index in [4.69, 9.17) is 27.9 Å². The van der Waals surface area contributed by atoms with Crippen LogP contribution >= 0.6 is 23.2 Å². The van der Waals surface area contributed by atoms with E-state index in [2.05, 4.69) is 15.8 Å². The number of nitrogens with zero attached hydrogens (tertiary/aromatic N) is 1. The number of carbonyl (C=O) groups excluding carboxylic acids is 2. The molecule has 3 rings (SSSR count). The summed E-state index contributed by atoms with van der Waals surface area (Å²) in [6.45, 7) is 0.180. The molecule has 31 heavy (non-hydrogen) atoms. The summed E-state index contributed by atoms with van der Waals surface area (Å²) in [7, 11) is 0. The Balaban J connectivity index is 1.54. The van der Waals surface area contributed by atoms with Crippen LogP contribution in [-0.2, 0) is 16.2 Å². The van der Waals surface area contributed by atoms with Crippen molar-refractivity contribution in [2.75, 3.05) is 5.32 Å². The average molecular weight is 460 g/mol. The maximum absolute atomic E-state index is 12.9. The van der Waals surface area contributed by atoms with E-state index in [1.54, 1.807) is 42.5 Å². The van der Waals surface area contributed by atoms with Gasteiger partial charge in [0, 0.05) is 21.3 Å². The molecule has 2 amide bonds. The summed E-state index contributed by atoms with van der Waals surface area (Å²) in [6, 6.07) is 17.1. The van der Waals surface area contributed by atoms with Gasteiger partial charge in [0.1, 0.15) is 18.2 Å². The largest absolute Gasteiger partial charge is 0.489 e. The van der Waals surface area contributed by atoms with Crippen molar-refractivity contribution in [2.45, 2.75) is 6.61 Å². The van der Waals surface area contributed by atoms with Gasteiger partial charge >= 0.3 is 11.8 Å². The van der Waals surface area contributed by atoms with E-state index in [9.17, 15) is 14.0 Å². The molecule has 9 heteroatoms. The number of halogens is 3. The lowest BCUT2D eigenvalue weighted by molar-refractivity contribution is -0.136. The topological polar surface area (TPSA) is 79.8 Å². The van der Waals surface area contributed by atoms with E-state index >= 15 is 0 Å². The maximum atomic E-state index is 12.9. The van der Waals surface area contributed by atoms with E-state index in [0.29, 0.717) is 26.9 Å². The van der Waals surface area contributed by atoms with Gasteiger partial charge in [0.15, 0.2) is 0 Å². The number of carbonyl (C=O) groups is 2. The molecule has 0 aromatic heterocycles. The Hall–Kier alpha value is -3.42. The lowest BCUT2D eigenvalue weighted by Gasteiger charge is -2.09. The van der Waals surface area contributed by atoms with E-state index in [1.807, 2.05) is 0 Å². The first-order chi connectivity index (χ1) is 14.9. The van der Waals surface area contributed by atoms with Crippen molar-refractivity contribution in [3.63, 3.8) is 0 Å². The van der Waals surface area contributed by atoms with Gasteiger partial charge in [-0.3, -0.25) is 9.59 Å². The third kappa shape index (κ3) is 6.53. The van der Waals surface area contributed by atoms with Crippen LogP contribution in [0, 0.1) is 5.82 Å². The SMILES string of the molecule is O=C(N/N=C/c1cccc(OCc2c(Cl)cccc2Cl)c1)C(=O)Nc1ccc(F)cc1. The van der Waals surface area contributed by atoms with Gasteiger partial charge in [-0.1, -0.05) is 41.4 Å². The fraction of sp³-hybridized carbons (Fsp3) is 0.0455. The van der Waals surface area contributed by atoms with Gasteiger partial charge in [-0.2, -0.15) is 5.10 Å². The zero-order chi connectivity index (χ0) is 22.2. The normalized spacial score (nSPS) is 10.7. The highest BCUT2D eigenvalue weighted by Gasteiger charge is 2.12. The molecule has 158 valence electrons. The molecule has 2 N–H and O–H groups in total. The molecule has 0 saturated heterocycles. The molecule has 0 aliphatic heterocycles.